The highest BCUT2D eigenvalue weighted by molar-refractivity contribution is 7.88. The summed E-state index contributed by atoms with van der Waals surface area (Å²) in [4.78, 5) is 14.7. The van der Waals surface area contributed by atoms with Crippen LogP contribution in [-0.4, -0.2) is 68.2 Å². The first-order valence-corrected chi connectivity index (χ1v) is 10.4. The summed E-state index contributed by atoms with van der Waals surface area (Å²) in [5.74, 6) is 0.0706. The molecule has 1 aliphatic heterocycles. The van der Waals surface area contributed by atoms with Crippen LogP contribution >= 0.6 is 12.6 Å². The van der Waals surface area contributed by atoms with Crippen LogP contribution in [0.5, 0.6) is 0 Å². The van der Waals surface area contributed by atoms with E-state index in [2.05, 4.69) is 33.3 Å². The van der Waals surface area contributed by atoms with Crippen molar-refractivity contribution in [2.75, 3.05) is 12.8 Å². The van der Waals surface area contributed by atoms with Gasteiger partial charge in [-0.15, -0.1) is 10.2 Å². The molecule has 3 rings (SSSR count). The summed E-state index contributed by atoms with van der Waals surface area (Å²) in [5.41, 5.74) is 0.927. The zero-order chi connectivity index (χ0) is 18.7. The third-order valence-electron chi connectivity index (χ3n) is 4.19. The molecule has 0 aliphatic carbocycles. The average molecular weight is 396 g/mol. The number of H-pyrrole nitrogens is 1. The Morgan fingerprint density at radius 1 is 1.35 bits per heavy atom. The van der Waals surface area contributed by atoms with Crippen LogP contribution in [0.3, 0.4) is 0 Å². The zero-order valence-electron chi connectivity index (χ0n) is 14.2. The number of hydrogen-bond acceptors (Lipinski definition) is 7. The van der Waals surface area contributed by atoms with E-state index >= 15 is 0 Å². The standard InChI is InChI=1S/C15H20N6O3S2/c1-26(23,24)21-9-12(25)7-13(21)15(22)20(10-14-16-18-19-17-14)8-11-5-3-2-4-6-11/h2-6,12-13,25H,7-10H2,1H3,(H,16,17,18,19)/t12-,13+/m1/s1. The number of nitrogens with one attached hydrogen (secondary N) is 1. The zero-order valence-corrected chi connectivity index (χ0v) is 15.9. The fourth-order valence-corrected chi connectivity index (χ4v) is 4.60. The van der Waals surface area contributed by atoms with E-state index in [-0.39, 0.29) is 24.2 Å². The van der Waals surface area contributed by atoms with Crippen molar-refractivity contribution >= 4 is 28.6 Å². The molecule has 2 heterocycles. The maximum Gasteiger partial charge on any atom is 0.241 e. The Kier molecular flexibility index (Phi) is 5.58. The SMILES string of the molecule is CS(=O)(=O)N1C[C@H](S)C[C@H]1C(=O)N(Cc1ccccc1)Cc1nn[nH]n1. The lowest BCUT2D eigenvalue weighted by Gasteiger charge is -2.28. The van der Waals surface area contributed by atoms with Gasteiger partial charge in [-0.05, 0) is 12.0 Å². The molecular formula is C15H20N6O3S2. The van der Waals surface area contributed by atoms with Crippen molar-refractivity contribution in [3.05, 3.63) is 41.7 Å². The minimum Gasteiger partial charge on any atom is -0.329 e. The minimum atomic E-state index is -3.51. The second kappa shape index (κ2) is 7.72. The number of carbonyl (C=O) groups is 1. The second-order valence-corrected chi connectivity index (χ2v) is 8.91. The van der Waals surface area contributed by atoms with Gasteiger partial charge >= 0.3 is 0 Å². The Balaban J connectivity index is 1.86. The highest BCUT2D eigenvalue weighted by atomic mass is 32.2. The number of aromatic nitrogens is 4. The lowest BCUT2D eigenvalue weighted by molar-refractivity contribution is -0.136. The first-order chi connectivity index (χ1) is 12.3. The van der Waals surface area contributed by atoms with Crippen LogP contribution in [0.2, 0.25) is 0 Å². The molecule has 0 bridgehead atoms. The molecule has 1 aromatic heterocycles. The molecule has 1 N–H and O–H groups in total. The summed E-state index contributed by atoms with van der Waals surface area (Å²) in [6, 6.07) is 8.69. The molecule has 9 nitrogen and oxygen atoms in total. The van der Waals surface area contributed by atoms with E-state index in [1.54, 1.807) is 4.90 Å². The Bertz CT molecular complexity index is 844. The average Bonchev–Trinajstić information content (AvgIpc) is 3.23. The molecule has 2 atom stereocenters. The minimum absolute atomic E-state index is 0.134. The van der Waals surface area contributed by atoms with Crippen LogP contribution in [-0.2, 0) is 27.9 Å². The van der Waals surface area contributed by atoms with Crippen LogP contribution in [0.15, 0.2) is 30.3 Å². The fourth-order valence-electron chi connectivity index (χ4n) is 3.02. The van der Waals surface area contributed by atoms with Gasteiger partial charge in [-0.25, -0.2) is 8.42 Å². The van der Waals surface area contributed by atoms with Gasteiger partial charge in [0, 0.05) is 18.3 Å². The number of sulfonamides is 1. The Morgan fingerprint density at radius 3 is 2.69 bits per heavy atom. The number of tetrazole rings is 1. The number of thiol groups is 1. The monoisotopic (exact) mass is 396 g/mol. The number of carbonyl (C=O) groups excluding carboxylic acids is 1. The first-order valence-electron chi connectivity index (χ1n) is 8.04. The predicted octanol–water partition coefficient (Wildman–Crippen LogP) is 0.0608. The van der Waals surface area contributed by atoms with Crippen molar-refractivity contribution in [1.29, 1.82) is 0 Å². The van der Waals surface area contributed by atoms with Gasteiger partial charge in [0.15, 0.2) is 5.82 Å². The molecule has 0 unspecified atom stereocenters. The van der Waals surface area contributed by atoms with Crippen molar-refractivity contribution in [3.63, 3.8) is 0 Å². The Hall–Kier alpha value is -1.98. The molecule has 11 heteroatoms. The smallest absolute Gasteiger partial charge is 0.241 e. The predicted molar refractivity (Wildman–Crippen MR) is 97.6 cm³/mol. The van der Waals surface area contributed by atoms with Gasteiger partial charge in [-0.3, -0.25) is 4.79 Å². The van der Waals surface area contributed by atoms with Gasteiger partial charge in [0.2, 0.25) is 15.9 Å². The van der Waals surface area contributed by atoms with E-state index in [1.807, 2.05) is 30.3 Å². The molecule has 1 aromatic carbocycles. The number of rotatable bonds is 6. The van der Waals surface area contributed by atoms with Crippen LogP contribution in [0.4, 0.5) is 0 Å². The lowest BCUT2D eigenvalue weighted by atomic mass is 10.1. The van der Waals surface area contributed by atoms with Gasteiger partial charge < -0.3 is 4.90 Å². The van der Waals surface area contributed by atoms with Gasteiger partial charge in [0.25, 0.3) is 0 Å². The van der Waals surface area contributed by atoms with Crippen molar-refractivity contribution in [2.24, 2.45) is 0 Å². The molecule has 1 fully saturated rings. The number of amides is 1. The topological polar surface area (TPSA) is 112 Å². The highest BCUT2D eigenvalue weighted by Gasteiger charge is 2.42. The van der Waals surface area contributed by atoms with Crippen molar-refractivity contribution in [2.45, 2.75) is 30.8 Å². The molecule has 26 heavy (non-hydrogen) atoms. The van der Waals surface area contributed by atoms with Gasteiger partial charge in [0.05, 0.1) is 12.8 Å². The number of benzene rings is 1. The van der Waals surface area contributed by atoms with Crippen LogP contribution in [0.1, 0.15) is 17.8 Å². The summed E-state index contributed by atoms with van der Waals surface area (Å²) in [5, 5.41) is 13.5. The highest BCUT2D eigenvalue weighted by Crippen LogP contribution is 2.26. The quantitative estimate of drug-likeness (QED) is 0.668. The van der Waals surface area contributed by atoms with Gasteiger partial charge in [-0.2, -0.15) is 22.1 Å². The summed E-state index contributed by atoms with van der Waals surface area (Å²) in [6.07, 6.45) is 1.48. The van der Waals surface area contributed by atoms with E-state index in [0.717, 1.165) is 11.8 Å². The maximum atomic E-state index is 13.2. The third kappa shape index (κ3) is 4.40. The molecule has 0 spiro atoms. The largest absolute Gasteiger partial charge is 0.329 e. The van der Waals surface area contributed by atoms with Crippen molar-refractivity contribution < 1.29 is 13.2 Å². The normalized spacial score (nSPS) is 21.0. The molecule has 1 amide bonds. The molecule has 1 saturated heterocycles. The summed E-state index contributed by atoms with van der Waals surface area (Å²) in [6.45, 7) is 0.675. The van der Waals surface area contributed by atoms with Crippen LogP contribution < -0.4 is 0 Å². The number of nitrogens with zero attached hydrogens (tertiary/aromatic N) is 5. The van der Waals surface area contributed by atoms with E-state index < -0.39 is 16.1 Å². The summed E-state index contributed by atoms with van der Waals surface area (Å²) < 4.78 is 25.4. The van der Waals surface area contributed by atoms with E-state index in [1.165, 1.54) is 4.31 Å². The fraction of sp³-hybridized carbons (Fsp3) is 0.467. The second-order valence-electron chi connectivity index (χ2n) is 6.25. The number of aromatic amines is 1. The molecule has 0 radical (unpaired) electrons. The maximum absolute atomic E-state index is 13.2. The van der Waals surface area contributed by atoms with Crippen LogP contribution in [0.25, 0.3) is 0 Å². The van der Waals surface area contributed by atoms with Crippen molar-refractivity contribution in [3.8, 4) is 0 Å². The first kappa shape index (κ1) is 18.8. The van der Waals surface area contributed by atoms with Gasteiger partial charge in [0.1, 0.15) is 6.04 Å². The summed E-state index contributed by atoms with van der Waals surface area (Å²) >= 11 is 4.38. The Morgan fingerprint density at radius 2 is 2.08 bits per heavy atom. The molecule has 0 saturated carbocycles. The van der Waals surface area contributed by atoms with Crippen molar-refractivity contribution in [1.82, 2.24) is 29.8 Å². The lowest BCUT2D eigenvalue weighted by Crippen LogP contribution is -2.47. The van der Waals surface area contributed by atoms with E-state index in [4.69, 9.17) is 0 Å². The third-order valence-corrected chi connectivity index (χ3v) is 5.82. The van der Waals surface area contributed by atoms with E-state index in [0.29, 0.717) is 18.8 Å². The molecular weight excluding hydrogens is 376 g/mol. The van der Waals surface area contributed by atoms with Gasteiger partial charge in [-0.1, -0.05) is 35.5 Å². The Labute approximate surface area is 157 Å². The summed E-state index contributed by atoms with van der Waals surface area (Å²) in [7, 11) is -3.51. The molecule has 140 valence electrons. The van der Waals surface area contributed by atoms with E-state index in [9.17, 15) is 13.2 Å². The van der Waals surface area contributed by atoms with Crippen LogP contribution in [0, 0.1) is 0 Å². The number of hydrogen-bond donors (Lipinski definition) is 2. The molecule has 2 aromatic rings. The molecule has 1 aliphatic rings.